The summed E-state index contributed by atoms with van der Waals surface area (Å²) >= 11 is 0. The second kappa shape index (κ2) is 5.41. The minimum Gasteiger partial charge on any atom is -1.00 e. The van der Waals surface area contributed by atoms with Gasteiger partial charge in [0.2, 0.25) is 0 Å². The summed E-state index contributed by atoms with van der Waals surface area (Å²) in [7, 11) is -9.33. The maximum absolute atomic E-state index is 10.7. The first-order chi connectivity index (χ1) is 6.62. The van der Waals surface area contributed by atoms with Gasteiger partial charge in [0, 0.05) is 0 Å². The molecule has 0 amide bonds. The third-order valence-corrected chi connectivity index (χ3v) is 3.24. The Morgan fingerprint density at radius 2 is 1.50 bits per heavy atom. The molecule has 16 heavy (non-hydrogen) atoms. The largest absolute Gasteiger partial charge is 1.00 e. The number of phenolic OH excluding ortho intramolecular Hbond substituents is 1. The molecule has 7 nitrogen and oxygen atoms in total. The van der Waals surface area contributed by atoms with Crippen molar-refractivity contribution in [1.29, 1.82) is 0 Å². The van der Waals surface area contributed by atoms with E-state index in [0.29, 0.717) is 6.07 Å². The molecule has 0 saturated heterocycles. The molecule has 0 spiro atoms. The van der Waals surface area contributed by atoms with Gasteiger partial charge in [-0.3, -0.25) is 9.11 Å². The van der Waals surface area contributed by atoms with E-state index in [-0.39, 0.29) is 52.8 Å². The van der Waals surface area contributed by atoms with E-state index < -0.39 is 35.8 Å². The summed E-state index contributed by atoms with van der Waals surface area (Å²) in [5, 5.41) is 9.02. The van der Waals surface area contributed by atoms with E-state index in [0.717, 1.165) is 12.1 Å². The second-order valence-corrected chi connectivity index (χ2v) is 5.39. The van der Waals surface area contributed by atoms with Gasteiger partial charge in [0.1, 0.15) is 10.6 Å². The van der Waals surface area contributed by atoms with Crippen LogP contribution in [0.4, 0.5) is 0 Å². The summed E-state index contributed by atoms with van der Waals surface area (Å²) in [6.07, 6.45) is 0. The maximum atomic E-state index is 10.7. The van der Waals surface area contributed by atoms with Gasteiger partial charge in [0.05, 0.1) is 4.90 Å². The van der Waals surface area contributed by atoms with Crippen LogP contribution >= 0.6 is 0 Å². The number of benzene rings is 1. The Bertz CT molecular complexity index is 595. The maximum Gasteiger partial charge on any atom is 1.00 e. The smallest absolute Gasteiger partial charge is 1.00 e. The molecule has 0 aliphatic rings. The van der Waals surface area contributed by atoms with Crippen LogP contribution in [0.1, 0.15) is 1.43 Å². The first-order valence-corrected chi connectivity index (χ1v) is 6.28. The van der Waals surface area contributed by atoms with Gasteiger partial charge in [0.15, 0.2) is 0 Å². The Labute approximate surface area is 136 Å². The van der Waals surface area contributed by atoms with Gasteiger partial charge in [-0.15, -0.1) is 0 Å². The number of hydrogen-bond acceptors (Lipinski definition) is 5. The third-order valence-electron chi connectivity index (χ3n) is 1.51. The first kappa shape index (κ1) is 16.5. The fourth-order valence-corrected chi connectivity index (χ4v) is 2.05. The minimum absolute atomic E-state index is 0. The van der Waals surface area contributed by atoms with Crippen molar-refractivity contribution in [2.45, 2.75) is 9.79 Å². The van der Waals surface area contributed by atoms with Gasteiger partial charge in [-0.05, 0) is 18.2 Å². The van der Waals surface area contributed by atoms with Crippen molar-refractivity contribution in [2.24, 2.45) is 0 Å². The predicted molar refractivity (Wildman–Crippen MR) is 48.8 cm³/mol. The minimum atomic E-state index is -4.74. The molecule has 1 aromatic carbocycles. The standard InChI is InChI=1S/C6H6O7S2.K.H/c7-5-2-1-4(14(8,9)10)3-6(5)15(11,12)13;;/h1-3,7H,(H,8,9,10)(H,11,12,13);;/q;+1;-1. The van der Waals surface area contributed by atoms with Crippen molar-refractivity contribution in [3.05, 3.63) is 18.2 Å². The molecule has 10 heteroatoms. The Balaban J connectivity index is 0. The zero-order chi connectivity index (χ0) is 11.9. The summed E-state index contributed by atoms with van der Waals surface area (Å²) in [5.41, 5.74) is 0. The number of phenols is 1. The van der Waals surface area contributed by atoms with E-state index >= 15 is 0 Å². The Morgan fingerprint density at radius 1 is 1.00 bits per heavy atom. The van der Waals surface area contributed by atoms with Gasteiger partial charge in [-0.1, -0.05) is 0 Å². The molecular formula is C6H7KO7S2. The molecule has 0 atom stereocenters. The van der Waals surface area contributed by atoms with Crippen LogP contribution in [0.15, 0.2) is 28.0 Å². The van der Waals surface area contributed by atoms with E-state index in [1.807, 2.05) is 0 Å². The summed E-state index contributed by atoms with van der Waals surface area (Å²) in [4.78, 5) is -1.73. The van der Waals surface area contributed by atoms with Crippen LogP contribution in [-0.4, -0.2) is 31.0 Å². The van der Waals surface area contributed by atoms with Gasteiger partial charge >= 0.3 is 51.4 Å². The summed E-state index contributed by atoms with van der Waals surface area (Å²) in [5.74, 6) is -0.815. The molecule has 0 saturated carbocycles. The summed E-state index contributed by atoms with van der Waals surface area (Å²) in [6.45, 7) is 0. The van der Waals surface area contributed by atoms with Crippen molar-refractivity contribution < 1.29 is 83.9 Å². The molecule has 0 aromatic heterocycles. The Kier molecular flexibility index (Phi) is 5.57. The molecule has 0 radical (unpaired) electrons. The molecule has 3 N–H and O–H groups in total. The van der Waals surface area contributed by atoms with Gasteiger partial charge < -0.3 is 6.53 Å². The van der Waals surface area contributed by atoms with Crippen molar-refractivity contribution in [3.8, 4) is 5.75 Å². The van der Waals surface area contributed by atoms with Crippen LogP contribution in [0.3, 0.4) is 0 Å². The molecule has 0 heterocycles. The summed E-state index contributed by atoms with van der Waals surface area (Å²) in [6, 6.07) is 1.96. The van der Waals surface area contributed by atoms with Crippen LogP contribution in [0.25, 0.3) is 0 Å². The van der Waals surface area contributed by atoms with Crippen molar-refractivity contribution in [2.75, 3.05) is 0 Å². The molecule has 86 valence electrons. The fraction of sp³-hybridized carbons (Fsp3) is 0. The summed E-state index contributed by atoms with van der Waals surface area (Å²) < 4.78 is 59.7. The molecule has 1 aromatic rings. The monoisotopic (exact) mass is 294 g/mol. The van der Waals surface area contributed by atoms with Crippen LogP contribution in [0, 0.1) is 0 Å². The van der Waals surface area contributed by atoms with Crippen molar-refractivity contribution in [1.82, 2.24) is 0 Å². The van der Waals surface area contributed by atoms with Crippen LogP contribution in [0.5, 0.6) is 5.75 Å². The predicted octanol–water partition coefficient (Wildman–Crippen LogP) is -3.00. The van der Waals surface area contributed by atoms with Crippen LogP contribution < -0.4 is 51.4 Å². The Hall–Kier alpha value is 0.476. The van der Waals surface area contributed by atoms with E-state index in [4.69, 9.17) is 14.2 Å². The average molecular weight is 294 g/mol. The first-order valence-electron chi connectivity index (χ1n) is 3.40. The molecule has 1 rings (SSSR count). The van der Waals surface area contributed by atoms with Crippen LogP contribution in [-0.2, 0) is 20.2 Å². The number of rotatable bonds is 2. The van der Waals surface area contributed by atoms with Crippen molar-refractivity contribution >= 4 is 20.2 Å². The fourth-order valence-electron chi connectivity index (χ4n) is 0.862. The zero-order valence-corrected chi connectivity index (χ0v) is 12.8. The SMILES string of the molecule is O=S(=O)(O)c1ccc(O)c(S(=O)(=O)O)c1.[H-].[K+]. The molecule has 0 fully saturated rings. The van der Waals surface area contributed by atoms with E-state index in [2.05, 4.69) is 0 Å². The van der Waals surface area contributed by atoms with Gasteiger partial charge in [0.25, 0.3) is 20.2 Å². The second-order valence-electron chi connectivity index (χ2n) is 2.58. The topological polar surface area (TPSA) is 129 Å². The van der Waals surface area contributed by atoms with E-state index in [9.17, 15) is 16.8 Å². The molecular weight excluding hydrogens is 287 g/mol. The van der Waals surface area contributed by atoms with Crippen LogP contribution in [0.2, 0.25) is 0 Å². The third kappa shape index (κ3) is 4.05. The molecule has 0 aliphatic heterocycles. The normalized spacial score (nSPS) is 11.9. The number of aromatic hydroxyl groups is 1. The van der Waals surface area contributed by atoms with Crippen molar-refractivity contribution in [3.63, 3.8) is 0 Å². The quantitative estimate of drug-likeness (QED) is 0.391. The van der Waals surface area contributed by atoms with Gasteiger partial charge in [-0.2, -0.15) is 16.8 Å². The number of hydrogen-bond donors (Lipinski definition) is 3. The Morgan fingerprint density at radius 3 is 1.88 bits per heavy atom. The molecule has 0 unspecified atom stereocenters. The zero-order valence-electron chi connectivity index (χ0n) is 9.02. The van der Waals surface area contributed by atoms with E-state index in [1.165, 1.54) is 0 Å². The van der Waals surface area contributed by atoms with E-state index in [1.54, 1.807) is 0 Å². The molecule has 0 bridgehead atoms. The average Bonchev–Trinajstić information content (AvgIpc) is 2.00. The van der Waals surface area contributed by atoms with Gasteiger partial charge in [-0.25, -0.2) is 0 Å². The molecule has 0 aliphatic carbocycles.